The maximum atomic E-state index is 12.6. The Bertz CT molecular complexity index is 475. The SMILES string of the molecule is O=C(c1cc(Cl)ccn1)N1CCCC2CCCCC21. The highest BCUT2D eigenvalue weighted by Gasteiger charge is 2.36. The van der Waals surface area contributed by atoms with Crippen LogP contribution in [0.5, 0.6) is 0 Å². The lowest BCUT2D eigenvalue weighted by atomic mass is 9.78. The van der Waals surface area contributed by atoms with Crippen LogP contribution >= 0.6 is 11.6 Å². The van der Waals surface area contributed by atoms with Gasteiger partial charge in [-0.05, 0) is 43.7 Å². The van der Waals surface area contributed by atoms with Gasteiger partial charge in [-0.3, -0.25) is 9.78 Å². The molecule has 3 rings (SSSR count). The summed E-state index contributed by atoms with van der Waals surface area (Å²) in [4.78, 5) is 18.8. The minimum Gasteiger partial charge on any atom is -0.334 e. The molecule has 2 fully saturated rings. The predicted octanol–water partition coefficient (Wildman–Crippen LogP) is 3.53. The summed E-state index contributed by atoms with van der Waals surface area (Å²) in [5, 5.41) is 0.579. The van der Waals surface area contributed by atoms with Crippen molar-refractivity contribution in [2.75, 3.05) is 6.54 Å². The third kappa shape index (κ3) is 2.62. The van der Waals surface area contributed by atoms with Crippen molar-refractivity contribution in [3.63, 3.8) is 0 Å². The van der Waals surface area contributed by atoms with Crippen molar-refractivity contribution >= 4 is 17.5 Å². The zero-order valence-corrected chi connectivity index (χ0v) is 11.8. The number of hydrogen-bond acceptors (Lipinski definition) is 2. The molecule has 102 valence electrons. The number of fused-ring (bicyclic) bond motifs is 1. The third-order valence-electron chi connectivity index (χ3n) is 4.45. The van der Waals surface area contributed by atoms with E-state index in [1.54, 1.807) is 18.3 Å². The maximum Gasteiger partial charge on any atom is 0.272 e. The lowest BCUT2D eigenvalue weighted by molar-refractivity contribution is 0.0385. The molecule has 0 aromatic carbocycles. The highest BCUT2D eigenvalue weighted by atomic mass is 35.5. The van der Waals surface area contributed by atoms with Gasteiger partial charge in [-0.2, -0.15) is 0 Å². The van der Waals surface area contributed by atoms with Crippen LogP contribution in [-0.2, 0) is 0 Å². The van der Waals surface area contributed by atoms with Crippen molar-refractivity contribution < 1.29 is 4.79 Å². The number of carbonyl (C=O) groups excluding carboxylic acids is 1. The van der Waals surface area contributed by atoms with E-state index in [2.05, 4.69) is 4.98 Å². The van der Waals surface area contributed by atoms with Crippen molar-refractivity contribution in [3.05, 3.63) is 29.0 Å². The largest absolute Gasteiger partial charge is 0.334 e. The smallest absolute Gasteiger partial charge is 0.272 e. The van der Waals surface area contributed by atoms with Crippen LogP contribution in [0.15, 0.2) is 18.3 Å². The molecule has 1 aromatic rings. The molecule has 1 saturated carbocycles. The van der Waals surface area contributed by atoms with E-state index in [0.717, 1.165) is 19.4 Å². The van der Waals surface area contributed by atoms with Crippen LogP contribution in [0.25, 0.3) is 0 Å². The number of carbonyl (C=O) groups is 1. The quantitative estimate of drug-likeness (QED) is 0.787. The van der Waals surface area contributed by atoms with Crippen LogP contribution in [-0.4, -0.2) is 28.4 Å². The first-order valence-electron chi connectivity index (χ1n) is 7.18. The number of aromatic nitrogens is 1. The fourth-order valence-electron chi connectivity index (χ4n) is 3.55. The second-order valence-electron chi connectivity index (χ2n) is 5.61. The zero-order chi connectivity index (χ0) is 13.2. The van der Waals surface area contributed by atoms with Gasteiger partial charge in [0, 0.05) is 23.8 Å². The Morgan fingerprint density at radius 1 is 1.26 bits per heavy atom. The first-order chi connectivity index (χ1) is 9.25. The van der Waals surface area contributed by atoms with Crippen LogP contribution in [0.2, 0.25) is 5.02 Å². The molecule has 0 bridgehead atoms. The molecule has 2 atom stereocenters. The van der Waals surface area contributed by atoms with Crippen LogP contribution in [0.4, 0.5) is 0 Å². The van der Waals surface area contributed by atoms with Gasteiger partial charge in [-0.1, -0.05) is 24.4 Å². The first-order valence-corrected chi connectivity index (χ1v) is 7.56. The molecule has 4 heteroatoms. The van der Waals surface area contributed by atoms with Crippen LogP contribution in [0, 0.1) is 5.92 Å². The number of pyridine rings is 1. The highest BCUT2D eigenvalue weighted by molar-refractivity contribution is 6.30. The third-order valence-corrected chi connectivity index (χ3v) is 4.68. The molecule has 0 radical (unpaired) electrons. The lowest BCUT2D eigenvalue weighted by Crippen LogP contribution is -2.49. The number of hydrogen-bond donors (Lipinski definition) is 0. The monoisotopic (exact) mass is 278 g/mol. The number of piperidine rings is 1. The van der Waals surface area contributed by atoms with Crippen molar-refractivity contribution in [2.45, 2.75) is 44.6 Å². The summed E-state index contributed by atoms with van der Waals surface area (Å²) >= 11 is 5.95. The fraction of sp³-hybridized carbons (Fsp3) is 0.600. The molecule has 0 N–H and O–H groups in total. The summed E-state index contributed by atoms with van der Waals surface area (Å²) in [5.41, 5.74) is 0.485. The summed E-state index contributed by atoms with van der Waals surface area (Å²) < 4.78 is 0. The van der Waals surface area contributed by atoms with E-state index >= 15 is 0 Å². The van der Waals surface area contributed by atoms with Crippen molar-refractivity contribution in [2.24, 2.45) is 5.92 Å². The second-order valence-corrected chi connectivity index (χ2v) is 6.05. The lowest BCUT2D eigenvalue weighted by Gasteiger charge is -2.44. The van der Waals surface area contributed by atoms with Gasteiger partial charge in [0.1, 0.15) is 5.69 Å². The number of amides is 1. The van der Waals surface area contributed by atoms with E-state index < -0.39 is 0 Å². The topological polar surface area (TPSA) is 33.2 Å². The molecule has 1 saturated heterocycles. The minimum atomic E-state index is 0.0547. The normalized spacial score (nSPS) is 26.9. The number of nitrogens with zero attached hydrogens (tertiary/aromatic N) is 2. The standard InChI is InChI=1S/C15H19ClN2O/c16-12-7-8-17-13(10-12)15(19)18-9-3-5-11-4-1-2-6-14(11)18/h7-8,10-11,14H,1-6,9H2. The molecule has 0 spiro atoms. The number of likely N-dealkylation sites (tertiary alicyclic amines) is 1. The van der Waals surface area contributed by atoms with Gasteiger partial charge in [0.15, 0.2) is 0 Å². The van der Waals surface area contributed by atoms with E-state index in [-0.39, 0.29) is 5.91 Å². The van der Waals surface area contributed by atoms with Gasteiger partial charge in [0.2, 0.25) is 0 Å². The second kappa shape index (κ2) is 5.49. The maximum absolute atomic E-state index is 12.6. The van der Waals surface area contributed by atoms with E-state index in [1.165, 1.54) is 25.7 Å². The van der Waals surface area contributed by atoms with E-state index in [1.807, 2.05) is 4.90 Å². The molecule has 2 heterocycles. The Kier molecular flexibility index (Phi) is 3.74. The van der Waals surface area contributed by atoms with Crippen molar-refractivity contribution in [1.82, 2.24) is 9.88 Å². The summed E-state index contributed by atoms with van der Waals surface area (Å²) in [7, 11) is 0. The molecule has 2 unspecified atom stereocenters. The Labute approximate surface area is 119 Å². The predicted molar refractivity (Wildman–Crippen MR) is 75.3 cm³/mol. The van der Waals surface area contributed by atoms with Gasteiger partial charge < -0.3 is 4.90 Å². The van der Waals surface area contributed by atoms with E-state index in [4.69, 9.17) is 11.6 Å². The molecule has 1 aromatic heterocycles. The minimum absolute atomic E-state index is 0.0547. The number of halogens is 1. The van der Waals surface area contributed by atoms with Crippen molar-refractivity contribution in [3.8, 4) is 0 Å². The Hall–Kier alpha value is -1.09. The Balaban J connectivity index is 1.82. The summed E-state index contributed by atoms with van der Waals surface area (Å²) in [6.45, 7) is 0.869. The highest BCUT2D eigenvalue weighted by Crippen LogP contribution is 2.35. The van der Waals surface area contributed by atoms with Crippen LogP contribution in [0.3, 0.4) is 0 Å². The van der Waals surface area contributed by atoms with Crippen molar-refractivity contribution in [1.29, 1.82) is 0 Å². The number of rotatable bonds is 1. The first kappa shape index (κ1) is 12.9. The molecular weight excluding hydrogens is 260 g/mol. The molecule has 1 aliphatic heterocycles. The Morgan fingerprint density at radius 2 is 2.05 bits per heavy atom. The summed E-state index contributed by atoms with van der Waals surface area (Å²) in [6, 6.07) is 3.81. The van der Waals surface area contributed by atoms with E-state index in [9.17, 15) is 4.79 Å². The Morgan fingerprint density at radius 3 is 2.89 bits per heavy atom. The molecule has 2 aliphatic rings. The fourth-order valence-corrected chi connectivity index (χ4v) is 3.71. The summed E-state index contributed by atoms with van der Waals surface area (Å²) in [6.07, 6.45) is 8.99. The van der Waals surface area contributed by atoms with Crippen LogP contribution in [0.1, 0.15) is 49.0 Å². The average molecular weight is 279 g/mol. The molecule has 19 heavy (non-hydrogen) atoms. The molecule has 1 amide bonds. The van der Waals surface area contributed by atoms with Gasteiger partial charge in [0.05, 0.1) is 0 Å². The summed E-state index contributed by atoms with van der Waals surface area (Å²) in [5.74, 6) is 0.754. The zero-order valence-electron chi connectivity index (χ0n) is 11.0. The van der Waals surface area contributed by atoms with Gasteiger partial charge >= 0.3 is 0 Å². The molecular formula is C15H19ClN2O. The molecule has 3 nitrogen and oxygen atoms in total. The van der Waals surface area contributed by atoms with E-state index in [0.29, 0.717) is 22.7 Å². The van der Waals surface area contributed by atoms with Gasteiger partial charge in [-0.25, -0.2) is 0 Å². The molecule has 1 aliphatic carbocycles. The van der Waals surface area contributed by atoms with Gasteiger partial charge in [0.25, 0.3) is 5.91 Å². The van der Waals surface area contributed by atoms with Crippen LogP contribution < -0.4 is 0 Å². The van der Waals surface area contributed by atoms with Gasteiger partial charge in [-0.15, -0.1) is 0 Å². The average Bonchev–Trinajstić information content (AvgIpc) is 2.46.